The summed E-state index contributed by atoms with van der Waals surface area (Å²) in [4.78, 5) is 16.1. The monoisotopic (exact) mass is 434 g/mol. The van der Waals surface area contributed by atoms with E-state index in [4.69, 9.17) is 9.47 Å². The van der Waals surface area contributed by atoms with Gasteiger partial charge in [0.1, 0.15) is 0 Å². The number of piperazine rings is 1. The van der Waals surface area contributed by atoms with Gasteiger partial charge in [-0.1, -0.05) is 12.1 Å². The first kappa shape index (κ1) is 22.5. The maximum absolute atomic E-state index is 12.9. The van der Waals surface area contributed by atoms with Crippen molar-refractivity contribution in [1.29, 1.82) is 0 Å². The van der Waals surface area contributed by atoms with Crippen LogP contribution in [-0.4, -0.2) is 50.7 Å². The zero-order chi connectivity index (χ0) is 22.4. The molecule has 0 unspecified atom stereocenters. The average Bonchev–Trinajstić information content (AvgIpc) is 2.78. The molecule has 2 aromatic rings. The predicted molar refractivity (Wildman–Crippen MR) is 113 cm³/mol. The highest BCUT2D eigenvalue weighted by molar-refractivity contribution is 5.92. The van der Waals surface area contributed by atoms with Crippen LogP contribution in [0, 0.1) is 0 Å². The number of nitrogens with zero attached hydrogens (tertiary/aromatic N) is 2. The van der Waals surface area contributed by atoms with Gasteiger partial charge in [0.05, 0.1) is 19.3 Å². The zero-order valence-corrected chi connectivity index (χ0v) is 17.5. The van der Waals surface area contributed by atoms with Crippen molar-refractivity contribution in [3.05, 3.63) is 59.7 Å². The van der Waals surface area contributed by atoms with Crippen molar-refractivity contribution in [3.8, 4) is 11.5 Å². The summed E-state index contributed by atoms with van der Waals surface area (Å²) < 4.78 is 49.6. The number of ether oxygens (including phenoxy) is 2. The molecule has 1 amide bonds. The second-order valence-electron chi connectivity index (χ2n) is 7.04. The summed E-state index contributed by atoms with van der Waals surface area (Å²) in [5, 5.41) is 0. The summed E-state index contributed by atoms with van der Waals surface area (Å²) in [6.07, 6.45) is -1.17. The molecule has 0 bridgehead atoms. The van der Waals surface area contributed by atoms with Crippen molar-refractivity contribution in [2.24, 2.45) is 0 Å². The van der Waals surface area contributed by atoms with E-state index in [0.717, 1.165) is 17.7 Å². The van der Waals surface area contributed by atoms with Crippen LogP contribution in [-0.2, 0) is 11.0 Å². The fourth-order valence-electron chi connectivity index (χ4n) is 3.40. The number of hydrogen-bond acceptors (Lipinski definition) is 4. The van der Waals surface area contributed by atoms with E-state index in [9.17, 15) is 18.0 Å². The van der Waals surface area contributed by atoms with Crippen molar-refractivity contribution in [3.63, 3.8) is 0 Å². The Hall–Kier alpha value is -3.16. The molecule has 2 aromatic carbocycles. The van der Waals surface area contributed by atoms with Gasteiger partial charge >= 0.3 is 6.18 Å². The maximum Gasteiger partial charge on any atom is 0.416 e. The lowest BCUT2D eigenvalue weighted by Crippen LogP contribution is -2.48. The summed E-state index contributed by atoms with van der Waals surface area (Å²) in [5.41, 5.74) is 0.646. The number of hydrogen-bond donors (Lipinski definition) is 0. The molecule has 0 saturated carbocycles. The summed E-state index contributed by atoms with van der Waals surface area (Å²) in [7, 11) is 1.56. The van der Waals surface area contributed by atoms with Gasteiger partial charge in [0, 0.05) is 37.9 Å². The molecule has 1 fully saturated rings. The van der Waals surface area contributed by atoms with Crippen LogP contribution in [0.3, 0.4) is 0 Å². The fourth-order valence-corrected chi connectivity index (χ4v) is 3.40. The molecule has 31 heavy (non-hydrogen) atoms. The third kappa shape index (κ3) is 5.71. The highest BCUT2D eigenvalue weighted by Crippen LogP contribution is 2.32. The first-order valence-corrected chi connectivity index (χ1v) is 10.0. The van der Waals surface area contributed by atoms with E-state index in [1.165, 1.54) is 12.1 Å². The molecule has 1 aliphatic heterocycles. The molecule has 8 heteroatoms. The molecule has 0 aliphatic carbocycles. The molecule has 0 aromatic heterocycles. The Bertz CT molecular complexity index is 936. The minimum absolute atomic E-state index is 0.142. The molecule has 0 N–H and O–H groups in total. The highest BCUT2D eigenvalue weighted by atomic mass is 19.4. The quantitative estimate of drug-likeness (QED) is 0.629. The normalized spacial score (nSPS) is 14.7. The van der Waals surface area contributed by atoms with Crippen LogP contribution in [0.5, 0.6) is 11.5 Å². The molecule has 3 rings (SSSR count). The number of rotatable bonds is 6. The number of benzene rings is 2. The topological polar surface area (TPSA) is 42.0 Å². The average molecular weight is 434 g/mol. The molecule has 0 radical (unpaired) electrons. The van der Waals surface area contributed by atoms with Crippen LogP contribution in [0.4, 0.5) is 18.9 Å². The minimum Gasteiger partial charge on any atom is -0.493 e. The van der Waals surface area contributed by atoms with Crippen molar-refractivity contribution in [2.45, 2.75) is 13.1 Å². The van der Waals surface area contributed by atoms with Gasteiger partial charge in [-0.3, -0.25) is 4.79 Å². The predicted octanol–water partition coefficient (Wildman–Crippen LogP) is 4.47. The Kier molecular flexibility index (Phi) is 7.09. The van der Waals surface area contributed by atoms with Gasteiger partial charge in [-0.05, 0) is 48.9 Å². The standard InChI is InChI=1S/C23H25F3N2O3/c1-3-31-20-9-7-17(15-21(20)30-2)8-10-22(29)28-13-11-27(12-14-28)19-6-4-5-18(16-19)23(24,25)26/h4-10,15-16H,3,11-14H2,1-2H3. The second-order valence-corrected chi connectivity index (χ2v) is 7.04. The Morgan fingerprint density at radius 3 is 2.45 bits per heavy atom. The molecular formula is C23H25F3N2O3. The lowest BCUT2D eigenvalue weighted by molar-refractivity contribution is -0.137. The van der Waals surface area contributed by atoms with Crippen molar-refractivity contribution in [1.82, 2.24) is 4.90 Å². The number of methoxy groups -OCH3 is 1. The van der Waals surface area contributed by atoms with Crippen molar-refractivity contribution in [2.75, 3.05) is 44.8 Å². The van der Waals surface area contributed by atoms with Crippen LogP contribution >= 0.6 is 0 Å². The van der Waals surface area contributed by atoms with E-state index in [1.54, 1.807) is 36.3 Å². The summed E-state index contributed by atoms with van der Waals surface area (Å²) in [5.74, 6) is 1.09. The maximum atomic E-state index is 12.9. The third-order valence-corrected chi connectivity index (χ3v) is 5.04. The second kappa shape index (κ2) is 9.76. The van der Waals surface area contributed by atoms with E-state index in [1.807, 2.05) is 17.9 Å². The van der Waals surface area contributed by atoms with Gasteiger partial charge in [-0.15, -0.1) is 0 Å². The molecule has 166 valence electrons. The highest BCUT2D eigenvalue weighted by Gasteiger charge is 2.31. The number of halogens is 3. The first-order chi connectivity index (χ1) is 14.8. The summed E-state index contributed by atoms with van der Waals surface area (Å²) in [6.45, 7) is 4.22. The van der Waals surface area contributed by atoms with Crippen molar-refractivity contribution >= 4 is 17.7 Å². The SMILES string of the molecule is CCOc1ccc(C=CC(=O)N2CCN(c3cccc(C(F)(F)F)c3)CC2)cc1OC. The lowest BCUT2D eigenvalue weighted by atomic mass is 10.1. The Balaban J connectivity index is 1.59. The molecule has 1 saturated heterocycles. The largest absolute Gasteiger partial charge is 0.493 e. The van der Waals surface area contributed by atoms with Gasteiger partial charge in [-0.25, -0.2) is 0 Å². The molecule has 5 nitrogen and oxygen atoms in total. The van der Waals surface area contributed by atoms with E-state index in [0.29, 0.717) is 50.0 Å². The minimum atomic E-state index is -4.37. The van der Waals surface area contributed by atoms with Gasteiger partial charge < -0.3 is 19.3 Å². The number of anilines is 1. The van der Waals surface area contributed by atoms with E-state index in [2.05, 4.69) is 0 Å². The van der Waals surface area contributed by atoms with Crippen LogP contribution < -0.4 is 14.4 Å². The Morgan fingerprint density at radius 2 is 1.81 bits per heavy atom. The van der Waals surface area contributed by atoms with Crippen LogP contribution in [0.15, 0.2) is 48.5 Å². The Morgan fingerprint density at radius 1 is 1.06 bits per heavy atom. The van der Waals surface area contributed by atoms with E-state index < -0.39 is 11.7 Å². The Labute approximate surface area is 179 Å². The van der Waals surface area contributed by atoms with Crippen LogP contribution in [0.25, 0.3) is 6.08 Å². The van der Waals surface area contributed by atoms with Crippen LogP contribution in [0.1, 0.15) is 18.1 Å². The molecule has 0 atom stereocenters. The lowest BCUT2D eigenvalue weighted by Gasteiger charge is -2.35. The van der Waals surface area contributed by atoms with Crippen molar-refractivity contribution < 1.29 is 27.4 Å². The molecular weight excluding hydrogens is 409 g/mol. The summed E-state index contributed by atoms with van der Waals surface area (Å²) >= 11 is 0. The molecule has 1 heterocycles. The van der Waals surface area contributed by atoms with Gasteiger partial charge in [0.25, 0.3) is 0 Å². The number of carbonyl (C=O) groups is 1. The molecule has 0 spiro atoms. The number of alkyl halides is 3. The zero-order valence-electron chi connectivity index (χ0n) is 17.5. The van der Waals surface area contributed by atoms with E-state index >= 15 is 0 Å². The van der Waals surface area contributed by atoms with Gasteiger partial charge in [0.2, 0.25) is 5.91 Å². The van der Waals surface area contributed by atoms with Gasteiger partial charge in [-0.2, -0.15) is 13.2 Å². The molecule has 1 aliphatic rings. The summed E-state index contributed by atoms with van der Waals surface area (Å²) in [6, 6.07) is 10.7. The van der Waals surface area contributed by atoms with Crippen LogP contribution in [0.2, 0.25) is 0 Å². The van der Waals surface area contributed by atoms with E-state index in [-0.39, 0.29) is 5.91 Å². The van der Waals surface area contributed by atoms with Gasteiger partial charge in [0.15, 0.2) is 11.5 Å². The number of carbonyl (C=O) groups excluding carboxylic acids is 1. The fraction of sp³-hybridized carbons (Fsp3) is 0.348. The smallest absolute Gasteiger partial charge is 0.416 e. The first-order valence-electron chi connectivity index (χ1n) is 10.0. The number of amides is 1. The third-order valence-electron chi connectivity index (χ3n) is 5.04.